The number of carbonyl (C=O) groups excluding carboxylic acids is 1. The van der Waals surface area contributed by atoms with E-state index >= 15 is 0 Å². The highest BCUT2D eigenvalue weighted by molar-refractivity contribution is 7.10. The topological polar surface area (TPSA) is 146 Å². The minimum Gasteiger partial charge on any atom is -0.497 e. The molecule has 2 aliphatic heterocycles. The molecule has 2 atom stereocenters. The Morgan fingerprint density at radius 2 is 1.70 bits per heavy atom. The second-order valence-electron chi connectivity index (χ2n) is 15.4. The number of hydrogen-bond acceptors (Lipinski definition) is 10. The van der Waals surface area contributed by atoms with E-state index in [4.69, 9.17) is 14.3 Å². The lowest BCUT2D eigenvalue weighted by atomic mass is 9.80. The van der Waals surface area contributed by atoms with Crippen molar-refractivity contribution in [3.05, 3.63) is 111 Å². The maximum absolute atomic E-state index is 14.1. The highest BCUT2D eigenvalue weighted by Gasteiger charge is 2.36. The molecule has 1 amide bonds. The third kappa shape index (κ3) is 10.3. The zero-order chi connectivity index (χ0) is 43.4. The smallest absolute Gasteiger partial charge is 0.435 e. The van der Waals surface area contributed by atoms with E-state index in [0.29, 0.717) is 55.5 Å². The van der Waals surface area contributed by atoms with Crippen LogP contribution in [0.5, 0.6) is 11.5 Å². The first-order chi connectivity index (χ1) is 28.4. The van der Waals surface area contributed by atoms with E-state index in [9.17, 15) is 36.6 Å². The molecule has 1 fully saturated rings. The molecule has 1 N–H and O–H groups in total. The number of ether oxygens (including phenoxy) is 2. The lowest BCUT2D eigenvalue weighted by Gasteiger charge is -2.31. The largest absolute Gasteiger partial charge is 0.497 e. The first kappa shape index (κ1) is 43.7. The van der Waals surface area contributed by atoms with Crippen LogP contribution in [0, 0.1) is 24.0 Å². The molecular weight excluding hydrogens is 814 g/mol. The van der Waals surface area contributed by atoms with Gasteiger partial charge in [0.25, 0.3) is 0 Å². The van der Waals surface area contributed by atoms with Gasteiger partial charge in [-0.25, -0.2) is 28.1 Å². The summed E-state index contributed by atoms with van der Waals surface area (Å²) in [5.74, 6) is 0.209. The van der Waals surface area contributed by atoms with E-state index in [1.807, 2.05) is 50.4 Å². The fourth-order valence-corrected chi connectivity index (χ4v) is 7.82. The van der Waals surface area contributed by atoms with Gasteiger partial charge >= 0.3 is 12.3 Å². The molecule has 7 rings (SSSR count). The maximum Gasteiger partial charge on any atom is 0.435 e. The quantitative estimate of drug-likeness (QED) is 0.136. The van der Waals surface area contributed by atoms with Crippen LogP contribution < -0.4 is 9.47 Å². The predicted molar refractivity (Wildman–Crippen MR) is 210 cm³/mol. The number of halogens is 5. The number of thiazole rings is 1. The average Bonchev–Trinajstić information content (AvgIpc) is 4.03. The number of carbonyl (C=O) groups is 2. The molecule has 13 nitrogen and oxygen atoms in total. The number of likely N-dealkylation sites (tertiary alicyclic amines) is 1. The summed E-state index contributed by atoms with van der Waals surface area (Å²) in [6.45, 7) is 8.57. The Morgan fingerprint density at radius 1 is 1.03 bits per heavy atom. The van der Waals surface area contributed by atoms with E-state index in [1.165, 1.54) is 48.9 Å². The van der Waals surface area contributed by atoms with Crippen LogP contribution in [-0.2, 0) is 22.4 Å². The van der Waals surface area contributed by atoms with Crippen molar-refractivity contribution in [1.82, 2.24) is 29.2 Å². The number of amides is 1. The SMILES string of the molecule is COc1ccc(OCC(c2nccn2C(=O)O)C(C)(C)C)cc1.Cc1cc(C(F)(F)F)nn1CC(=O)N1CCC(c2nc(C3=NO[C@@H](c4c(F)cccc4F)C3)cs2)CC1. The van der Waals surface area contributed by atoms with Gasteiger partial charge in [-0.1, -0.05) is 32.0 Å². The number of nitrogens with zero attached hydrogens (tertiary/aromatic N) is 7. The Labute approximate surface area is 346 Å². The molecule has 3 aromatic heterocycles. The van der Waals surface area contributed by atoms with Crippen LogP contribution >= 0.6 is 11.3 Å². The Hall–Kier alpha value is -5.85. The van der Waals surface area contributed by atoms with Crippen LogP contribution in [0.2, 0.25) is 0 Å². The van der Waals surface area contributed by atoms with Gasteiger partial charge in [0.15, 0.2) is 11.8 Å². The number of aromatic nitrogens is 5. The predicted octanol–water partition coefficient (Wildman–Crippen LogP) is 8.84. The normalized spacial score (nSPS) is 16.4. The molecule has 5 heterocycles. The van der Waals surface area contributed by atoms with Gasteiger partial charge in [-0.15, -0.1) is 11.3 Å². The minimum absolute atomic E-state index is 0.105. The third-order valence-corrected chi connectivity index (χ3v) is 11.3. The van der Waals surface area contributed by atoms with E-state index in [-0.39, 0.29) is 47.4 Å². The molecule has 1 saturated heterocycles. The number of oxime groups is 1. The van der Waals surface area contributed by atoms with Crippen molar-refractivity contribution in [3.63, 3.8) is 0 Å². The molecule has 0 spiro atoms. The summed E-state index contributed by atoms with van der Waals surface area (Å²) < 4.78 is 80.0. The van der Waals surface area contributed by atoms with Gasteiger partial charge < -0.3 is 24.3 Å². The number of methoxy groups -OCH3 is 1. The second-order valence-corrected chi connectivity index (χ2v) is 16.3. The number of alkyl halides is 3. The van der Waals surface area contributed by atoms with Gasteiger partial charge in [-0.05, 0) is 67.6 Å². The van der Waals surface area contributed by atoms with E-state index in [0.717, 1.165) is 26.1 Å². The lowest BCUT2D eigenvalue weighted by Crippen LogP contribution is -2.40. The summed E-state index contributed by atoms with van der Waals surface area (Å²) in [7, 11) is 1.61. The van der Waals surface area contributed by atoms with Gasteiger partial charge in [0.1, 0.15) is 41.2 Å². The van der Waals surface area contributed by atoms with Gasteiger partial charge in [0, 0.05) is 48.9 Å². The summed E-state index contributed by atoms with van der Waals surface area (Å²) in [5.41, 5.74) is -0.00889. The molecule has 1 unspecified atom stereocenters. The Balaban J connectivity index is 0.000000226. The van der Waals surface area contributed by atoms with Crippen molar-refractivity contribution in [1.29, 1.82) is 0 Å². The monoisotopic (exact) mass is 857 g/mol. The number of carboxylic acid groups (broad SMARTS) is 1. The number of hydrogen-bond donors (Lipinski definition) is 1. The first-order valence-corrected chi connectivity index (χ1v) is 19.9. The third-order valence-electron chi connectivity index (χ3n) is 10.3. The Morgan fingerprint density at radius 3 is 2.30 bits per heavy atom. The lowest BCUT2D eigenvalue weighted by molar-refractivity contribution is -0.142. The van der Waals surface area contributed by atoms with Crippen molar-refractivity contribution in [2.75, 3.05) is 26.8 Å². The molecule has 19 heteroatoms. The number of rotatable bonds is 10. The van der Waals surface area contributed by atoms with Crippen LogP contribution in [0.1, 0.15) is 91.5 Å². The molecule has 5 aromatic rings. The standard InChI is InChI=1S/C24H22F5N5O2S.C17H22N2O4/c1-13-9-20(24(27,28)29)31-34(13)11-21(35)33-7-5-14(6-8-33)23-30-18(12-37-23)17-10-19(36-32-17)22-15(25)3-2-4-16(22)26;1-17(2,3)14(15-18-9-10-19(15)16(20)21)11-23-13-7-5-12(22-4)6-8-13/h2-4,9,12,14,19H,5-8,10-11H2,1H3;5-10,14H,11H2,1-4H3,(H,20,21)/t19-;/m1./s1. The highest BCUT2D eigenvalue weighted by atomic mass is 32.1. The molecule has 0 radical (unpaired) electrons. The second kappa shape index (κ2) is 18.2. The average molecular weight is 858 g/mol. The molecule has 60 heavy (non-hydrogen) atoms. The summed E-state index contributed by atoms with van der Waals surface area (Å²) in [6.07, 6.45) is -2.03. The summed E-state index contributed by atoms with van der Waals surface area (Å²) in [6, 6.07) is 11.8. The van der Waals surface area contributed by atoms with Crippen LogP contribution in [0.4, 0.5) is 26.7 Å². The van der Waals surface area contributed by atoms with Gasteiger partial charge in [-0.3, -0.25) is 9.48 Å². The van der Waals surface area contributed by atoms with Gasteiger partial charge in [-0.2, -0.15) is 18.3 Å². The number of piperidine rings is 1. The van der Waals surface area contributed by atoms with E-state index < -0.39 is 35.7 Å². The van der Waals surface area contributed by atoms with Crippen molar-refractivity contribution >= 4 is 29.0 Å². The fourth-order valence-electron chi connectivity index (χ4n) is 6.82. The van der Waals surface area contributed by atoms with Crippen molar-refractivity contribution < 1.29 is 51.0 Å². The molecule has 0 saturated carbocycles. The Kier molecular flexibility index (Phi) is 13.3. The number of imidazole rings is 1. The van der Waals surface area contributed by atoms with Gasteiger partial charge in [0.2, 0.25) is 5.91 Å². The van der Waals surface area contributed by atoms with Crippen LogP contribution in [0.15, 0.2) is 71.5 Å². The van der Waals surface area contributed by atoms with E-state index in [1.54, 1.807) is 12.0 Å². The summed E-state index contributed by atoms with van der Waals surface area (Å²) in [5, 5.41) is 19.5. The summed E-state index contributed by atoms with van der Waals surface area (Å²) in [4.78, 5) is 39.8. The zero-order valence-corrected chi connectivity index (χ0v) is 34.3. The number of aryl methyl sites for hydroxylation is 1. The molecule has 0 bridgehead atoms. The van der Waals surface area contributed by atoms with E-state index in [2.05, 4.69) is 20.2 Å². The van der Waals surface area contributed by atoms with Crippen LogP contribution in [-0.4, -0.2) is 78.8 Å². The molecular formula is C41H44F5N7O6S. The highest BCUT2D eigenvalue weighted by Crippen LogP contribution is 2.37. The first-order valence-electron chi connectivity index (χ1n) is 19.0. The number of benzene rings is 2. The Bertz CT molecular complexity index is 2290. The van der Waals surface area contributed by atoms with Crippen molar-refractivity contribution in [2.24, 2.45) is 10.6 Å². The van der Waals surface area contributed by atoms with Gasteiger partial charge in [0.05, 0.1) is 35.9 Å². The summed E-state index contributed by atoms with van der Waals surface area (Å²) >= 11 is 1.45. The van der Waals surface area contributed by atoms with Crippen LogP contribution in [0.3, 0.4) is 0 Å². The zero-order valence-electron chi connectivity index (χ0n) is 33.4. The molecule has 0 aliphatic carbocycles. The molecule has 2 aromatic carbocycles. The minimum atomic E-state index is -4.56. The fraction of sp³-hybridized carbons (Fsp3) is 0.415. The van der Waals surface area contributed by atoms with Crippen molar-refractivity contribution in [2.45, 2.75) is 77.6 Å². The van der Waals surface area contributed by atoms with Crippen molar-refractivity contribution in [3.8, 4) is 11.5 Å². The molecule has 320 valence electrons. The van der Waals surface area contributed by atoms with Crippen LogP contribution in [0.25, 0.3) is 0 Å². The molecule has 2 aliphatic rings. The maximum atomic E-state index is 14.1.